The van der Waals surface area contributed by atoms with E-state index < -0.39 is 0 Å². The molecule has 1 fully saturated rings. The minimum Gasteiger partial charge on any atom is -0.307 e. The van der Waals surface area contributed by atoms with Gasteiger partial charge in [0, 0.05) is 24.6 Å². The van der Waals surface area contributed by atoms with E-state index in [1.807, 2.05) is 0 Å². The molecular formula is C18H29N3. The zero-order valence-corrected chi connectivity index (χ0v) is 13.9. The lowest BCUT2D eigenvalue weighted by atomic mass is 9.76. The zero-order valence-electron chi connectivity index (χ0n) is 13.9. The Morgan fingerprint density at radius 2 is 1.67 bits per heavy atom. The number of nitrogens with zero attached hydrogens (tertiary/aromatic N) is 2. The molecule has 2 heterocycles. The minimum absolute atomic E-state index is 0.493. The van der Waals surface area contributed by atoms with Gasteiger partial charge < -0.3 is 5.32 Å². The van der Waals surface area contributed by atoms with Crippen molar-refractivity contribution in [2.45, 2.75) is 78.3 Å². The van der Waals surface area contributed by atoms with Crippen LogP contribution in [0.25, 0.3) is 0 Å². The summed E-state index contributed by atoms with van der Waals surface area (Å²) >= 11 is 0. The van der Waals surface area contributed by atoms with E-state index in [2.05, 4.69) is 33.0 Å². The second-order valence-electron chi connectivity index (χ2n) is 7.51. The van der Waals surface area contributed by atoms with Gasteiger partial charge in [-0.2, -0.15) is 0 Å². The van der Waals surface area contributed by atoms with Crippen molar-refractivity contribution in [2.75, 3.05) is 0 Å². The molecule has 2 aliphatic rings. The molecule has 3 heteroatoms. The van der Waals surface area contributed by atoms with Gasteiger partial charge in [0.1, 0.15) is 5.82 Å². The molecular weight excluding hydrogens is 258 g/mol. The molecule has 116 valence electrons. The molecule has 0 spiro atoms. The van der Waals surface area contributed by atoms with Crippen LogP contribution in [0.5, 0.6) is 0 Å². The van der Waals surface area contributed by atoms with E-state index in [9.17, 15) is 0 Å². The van der Waals surface area contributed by atoms with Gasteiger partial charge in [0.2, 0.25) is 0 Å². The highest BCUT2D eigenvalue weighted by Gasteiger charge is 2.28. The normalized spacial score (nSPS) is 25.6. The first-order chi connectivity index (χ1) is 10.1. The molecule has 0 atom stereocenters. The van der Waals surface area contributed by atoms with Crippen LogP contribution in [0.3, 0.4) is 0 Å². The lowest BCUT2D eigenvalue weighted by Gasteiger charge is -2.30. The molecule has 1 aliphatic heterocycles. The molecule has 0 amide bonds. The van der Waals surface area contributed by atoms with Crippen LogP contribution in [0.2, 0.25) is 0 Å². The van der Waals surface area contributed by atoms with Crippen molar-refractivity contribution in [3.8, 4) is 0 Å². The van der Waals surface area contributed by atoms with Crippen LogP contribution in [-0.4, -0.2) is 9.97 Å². The molecule has 0 aromatic carbocycles. The minimum atomic E-state index is 0.493. The van der Waals surface area contributed by atoms with Crippen molar-refractivity contribution in [1.82, 2.24) is 15.3 Å². The Morgan fingerprint density at radius 3 is 2.29 bits per heavy atom. The Balaban J connectivity index is 1.82. The summed E-state index contributed by atoms with van der Waals surface area (Å²) in [5, 5.41) is 3.43. The van der Waals surface area contributed by atoms with E-state index in [0.29, 0.717) is 11.8 Å². The highest BCUT2D eigenvalue weighted by molar-refractivity contribution is 5.31. The number of rotatable bonds is 3. The van der Waals surface area contributed by atoms with Crippen molar-refractivity contribution >= 4 is 0 Å². The molecule has 3 nitrogen and oxygen atoms in total. The van der Waals surface area contributed by atoms with Gasteiger partial charge in [0.25, 0.3) is 0 Å². The first kappa shape index (κ1) is 15.0. The number of hydrogen-bond donors (Lipinski definition) is 1. The van der Waals surface area contributed by atoms with Crippen molar-refractivity contribution in [2.24, 2.45) is 11.8 Å². The van der Waals surface area contributed by atoms with E-state index in [4.69, 9.17) is 9.97 Å². The SMILES string of the molecule is CC(C)c1nc(C2CCC(C(C)C)CC2)nc2c1CNC2. The first-order valence-electron chi connectivity index (χ1n) is 8.66. The average molecular weight is 287 g/mol. The lowest BCUT2D eigenvalue weighted by molar-refractivity contribution is 0.254. The van der Waals surface area contributed by atoms with Crippen LogP contribution in [0.15, 0.2) is 0 Å². The number of nitrogens with one attached hydrogen (secondary N) is 1. The van der Waals surface area contributed by atoms with Crippen LogP contribution >= 0.6 is 0 Å². The Labute approximate surface area is 129 Å². The number of fused-ring (bicyclic) bond motifs is 1. The van der Waals surface area contributed by atoms with Crippen molar-refractivity contribution < 1.29 is 0 Å². The number of hydrogen-bond acceptors (Lipinski definition) is 3. The highest BCUT2D eigenvalue weighted by Crippen LogP contribution is 2.38. The van der Waals surface area contributed by atoms with Crippen LogP contribution in [0.1, 0.15) is 88.0 Å². The largest absolute Gasteiger partial charge is 0.307 e. The van der Waals surface area contributed by atoms with Gasteiger partial charge in [-0.3, -0.25) is 0 Å². The summed E-state index contributed by atoms with van der Waals surface area (Å²) < 4.78 is 0. The zero-order chi connectivity index (χ0) is 15.0. The molecule has 1 saturated carbocycles. The molecule has 1 aliphatic carbocycles. The fourth-order valence-corrected chi connectivity index (χ4v) is 3.92. The van der Waals surface area contributed by atoms with Crippen LogP contribution in [0.4, 0.5) is 0 Å². The number of aromatic nitrogens is 2. The summed E-state index contributed by atoms with van der Waals surface area (Å²) in [6, 6.07) is 0. The van der Waals surface area contributed by atoms with Crippen molar-refractivity contribution in [3.63, 3.8) is 0 Å². The summed E-state index contributed by atoms with van der Waals surface area (Å²) in [4.78, 5) is 9.90. The maximum absolute atomic E-state index is 4.99. The van der Waals surface area contributed by atoms with Crippen molar-refractivity contribution in [1.29, 1.82) is 0 Å². The predicted octanol–water partition coefficient (Wildman–Crippen LogP) is 4.13. The molecule has 1 N–H and O–H groups in total. The molecule has 0 bridgehead atoms. The Bertz CT molecular complexity index is 499. The molecule has 0 saturated heterocycles. The third-order valence-electron chi connectivity index (χ3n) is 5.36. The maximum atomic E-state index is 4.99. The second-order valence-corrected chi connectivity index (χ2v) is 7.51. The Kier molecular flexibility index (Phi) is 4.30. The molecule has 3 rings (SSSR count). The monoisotopic (exact) mass is 287 g/mol. The van der Waals surface area contributed by atoms with Crippen LogP contribution in [-0.2, 0) is 13.1 Å². The van der Waals surface area contributed by atoms with Crippen LogP contribution < -0.4 is 5.32 Å². The van der Waals surface area contributed by atoms with E-state index in [-0.39, 0.29) is 0 Å². The topological polar surface area (TPSA) is 37.8 Å². The van der Waals surface area contributed by atoms with E-state index >= 15 is 0 Å². The Hall–Kier alpha value is -0.960. The van der Waals surface area contributed by atoms with Gasteiger partial charge in [-0.15, -0.1) is 0 Å². The predicted molar refractivity (Wildman–Crippen MR) is 86.2 cm³/mol. The smallest absolute Gasteiger partial charge is 0.132 e. The Morgan fingerprint density at radius 1 is 0.952 bits per heavy atom. The van der Waals surface area contributed by atoms with E-state index in [0.717, 1.165) is 30.7 Å². The fourth-order valence-electron chi connectivity index (χ4n) is 3.92. The van der Waals surface area contributed by atoms with Gasteiger partial charge in [-0.25, -0.2) is 9.97 Å². The molecule has 1 aromatic rings. The van der Waals surface area contributed by atoms with E-state index in [1.165, 1.54) is 42.6 Å². The quantitative estimate of drug-likeness (QED) is 0.908. The fraction of sp³-hybridized carbons (Fsp3) is 0.778. The summed E-state index contributed by atoms with van der Waals surface area (Å²) in [6.07, 6.45) is 5.23. The third kappa shape index (κ3) is 2.98. The van der Waals surface area contributed by atoms with Gasteiger partial charge in [-0.05, 0) is 43.4 Å². The molecule has 21 heavy (non-hydrogen) atoms. The second kappa shape index (κ2) is 6.04. The summed E-state index contributed by atoms with van der Waals surface area (Å²) in [7, 11) is 0. The van der Waals surface area contributed by atoms with Crippen LogP contribution in [0, 0.1) is 11.8 Å². The summed E-state index contributed by atoms with van der Waals surface area (Å²) in [5.74, 6) is 3.93. The standard InChI is InChI=1S/C18H29N3/c1-11(2)13-5-7-14(8-6-13)18-20-16-10-19-9-15(16)17(21-18)12(3)4/h11-14,19H,5-10H2,1-4H3. The first-order valence-corrected chi connectivity index (χ1v) is 8.66. The maximum Gasteiger partial charge on any atom is 0.132 e. The van der Waals surface area contributed by atoms with Crippen molar-refractivity contribution in [3.05, 3.63) is 22.8 Å². The van der Waals surface area contributed by atoms with Gasteiger partial charge >= 0.3 is 0 Å². The van der Waals surface area contributed by atoms with Gasteiger partial charge in [0.15, 0.2) is 0 Å². The van der Waals surface area contributed by atoms with E-state index in [1.54, 1.807) is 0 Å². The molecule has 0 radical (unpaired) electrons. The molecule has 0 unspecified atom stereocenters. The third-order valence-corrected chi connectivity index (χ3v) is 5.36. The molecule has 1 aromatic heterocycles. The van der Waals surface area contributed by atoms with Gasteiger partial charge in [0.05, 0.1) is 11.4 Å². The lowest BCUT2D eigenvalue weighted by Crippen LogP contribution is -2.20. The van der Waals surface area contributed by atoms with Gasteiger partial charge in [-0.1, -0.05) is 27.7 Å². The highest BCUT2D eigenvalue weighted by atomic mass is 15.0. The summed E-state index contributed by atoms with van der Waals surface area (Å²) in [6.45, 7) is 11.1. The average Bonchev–Trinajstić information content (AvgIpc) is 2.94. The summed E-state index contributed by atoms with van der Waals surface area (Å²) in [5.41, 5.74) is 3.91.